The molecule has 0 aliphatic carbocycles. The lowest BCUT2D eigenvalue weighted by molar-refractivity contribution is -0.135. The van der Waals surface area contributed by atoms with E-state index in [9.17, 15) is 13.2 Å². The Morgan fingerprint density at radius 3 is 1.25 bits per heavy atom. The summed E-state index contributed by atoms with van der Waals surface area (Å²) in [6.07, 6.45) is -3.36. The smallest absolute Gasteiger partial charge is 0.389 e. The molecule has 0 atom stereocenters. The summed E-state index contributed by atoms with van der Waals surface area (Å²) < 4.78 is 38.0. The van der Waals surface area contributed by atoms with E-state index in [1.54, 1.807) is 0 Å². The fourth-order valence-corrected chi connectivity index (χ4v) is 7.97. The Labute approximate surface area is 175 Å². The summed E-state index contributed by atoms with van der Waals surface area (Å²) in [7, 11) is -2.00. The monoisotopic (exact) mass is 466 g/mol. The predicted octanol–water partition coefficient (Wildman–Crippen LogP) is 2.72. The Morgan fingerprint density at radius 2 is 0.929 bits per heavy atom. The number of unbranched alkanes of at least 4 members (excludes halogenated alkanes) is 1. The van der Waals surface area contributed by atoms with Crippen LogP contribution in [0.3, 0.4) is 0 Å². The van der Waals surface area contributed by atoms with E-state index in [1.807, 2.05) is 54.6 Å². The van der Waals surface area contributed by atoms with Gasteiger partial charge in [-0.1, -0.05) is 54.6 Å². The lowest BCUT2D eigenvalue weighted by Crippen LogP contribution is -3.00. The van der Waals surface area contributed by atoms with Crippen molar-refractivity contribution in [3.63, 3.8) is 0 Å². The average Bonchev–Trinajstić information content (AvgIpc) is 2.70. The van der Waals surface area contributed by atoms with Crippen LogP contribution in [0.2, 0.25) is 0 Å². The van der Waals surface area contributed by atoms with Crippen molar-refractivity contribution < 1.29 is 30.2 Å². The van der Waals surface area contributed by atoms with Crippen LogP contribution in [-0.4, -0.2) is 12.3 Å². The molecule has 148 valence electrons. The highest BCUT2D eigenvalue weighted by Crippen LogP contribution is 2.56. The molecule has 0 aliphatic rings. The van der Waals surface area contributed by atoms with Gasteiger partial charge >= 0.3 is 6.18 Å². The molecular formula is C23H23BrF3P. The molecule has 0 N–H and O–H groups in total. The van der Waals surface area contributed by atoms with E-state index >= 15 is 0 Å². The van der Waals surface area contributed by atoms with Crippen molar-refractivity contribution in [2.45, 2.75) is 25.4 Å². The van der Waals surface area contributed by atoms with Gasteiger partial charge in [-0.15, -0.1) is 0 Å². The maximum atomic E-state index is 12.7. The molecule has 28 heavy (non-hydrogen) atoms. The van der Waals surface area contributed by atoms with E-state index in [-0.39, 0.29) is 23.4 Å². The minimum absolute atomic E-state index is 0. The van der Waals surface area contributed by atoms with Crippen LogP contribution < -0.4 is 32.9 Å². The Balaban J connectivity index is 0.00000280. The first-order valence-electron chi connectivity index (χ1n) is 9.14. The molecule has 0 unspecified atom stereocenters. The standard InChI is InChI=1S/C23H23F3P.BrH/c24-23(25,26)18-10-11-19-27(20-12-4-1-5-13-20,21-14-6-2-7-15-21)22-16-8-3-9-17-22;/h1-9,12-17H,10-11,18-19H2;1H/q+1;/p-1. The summed E-state index contributed by atoms with van der Waals surface area (Å²) in [6, 6.07) is 30.8. The van der Waals surface area contributed by atoms with Gasteiger partial charge in [-0.2, -0.15) is 13.2 Å². The van der Waals surface area contributed by atoms with Crippen molar-refractivity contribution in [2.75, 3.05) is 6.16 Å². The van der Waals surface area contributed by atoms with Gasteiger partial charge in [-0.3, -0.25) is 0 Å². The lowest BCUT2D eigenvalue weighted by atomic mass is 10.2. The summed E-state index contributed by atoms with van der Waals surface area (Å²) >= 11 is 0. The zero-order valence-corrected chi connectivity index (χ0v) is 17.9. The largest absolute Gasteiger partial charge is 1.00 e. The van der Waals surface area contributed by atoms with Crippen LogP contribution in [0.5, 0.6) is 0 Å². The number of halogens is 4. The molecule has 0 spiro atoms. The third-order valence-electron chi connectivity index (χ3n) is 4.79. The van der Waals surface area contributed by atoms with Crippen LogP contribution in [0.1, 0.15) is 19.3 Å². The van der Waals surface area contributed by atoms with Crippen LogP contribution in [0.25, 0.3) is 0 Å². The molecule has 0 radical (unpaired) electrons. The van der Waals surface area contributed by atoms with Crippen LogP contribution >= 0.6 is 7.26 Å². The minimum atomic E-state index is -4.09. The van der Waals surface area contributed by atoms with Crippen molar-refractivity contribution in [1.29, 1.82) is 0 Å². The lowest BCUT2D eigenvalue weighted by Gasteiger charge is -2.27. The predicted molar refractivity (Wildman–Crippen MR) is 110 cm³/mol. The Kier molecular flexibility index (Phi) is 8.27. The molecule has 0 fully saturated rings. The summed E-state index contributed by atoms with van der Waals surface area (Å²) in [5.41, 5.74) is 0. The highest BCUT2D eigenvalue weighted by atomic mass is 79.9. The van der Waals surface area contributed by atoms with Crippen molar-refractivity contribution in [1.82, 2.24) is 0 Å². The van der Waals surface area contributed by atoms with Crippen molar-refractivity contribution in [2.24, 2.45) is 0 Å². The molecule has 0 bridgehead atoms. The SMILES string of the molecule is FC(F)(F)CCCC[P+](c1ccccc1)(c1ccccc1)c1ccccc1.[Br-]. The third kappa shape index (κ3) is 5.46. The molecular weight excluding hydrogens is 444 g/mol. The zero-order valence-electron chi connectivity index (χ0n) is 15.4. The van der Waals surface area contributed by atoms with E-state index < -0.39 is 19.9 Å². The summed E-state index contributed by atoms with van der Waals surface area (Å²) in [5, 5.41) is 3.65. The van der Waals surface area contributed by atoms with Gasteiger partial charge in [0.2, 0.25) is 0 Å². The van der Waals surface area contributed by atoms with E-state index in [1.165, 1.54) is 15.9 Å². The molecule has 0 aliphatic heterocycles. The molecule has 0 saturated heterocycles. The second-order valence-electron chi connectivity index (χ2n) is 6.61. The molecule has 3 aromatic rings. The first-order chi connectivity index (χ1) is 13.0. The van der Waals surface area contributed by atoms with Crippen molar-refractivity contribution >= 4 is 23.2 Å². The van der Waals surface area contributed by atoms with Gasteiger partial charge in [0.1, 0.15) is 23.2 Å². The van der Waals surface area contributed by atoms with Gasteiger partial charge in [0.05, 0.1) is 6.16 Å². The van der Waals surface area contributed by atoms with E-state index in [4.69, 9.17) is 0 Å². The Hall–Kier alpha value is -1.64. The number of hydrogen-bond donors (Lipinski definition) is 0. The van der Waals surface area contributed by atoms with Gasteiger partial charge in [-0.25, -0.2) is 0 Å². The number of benzene rings is 3. The molecule has 5 heteroatoms. The van der Waals surface area contributed by atoms with E-state index in [0.29, 0.717) is 6.42 Å². The molecule has 0 amide bonds. The fraction of sp³-hybridized carbons (Fsp3) is 0.217. The number of hydrogen-bond acceptors (Lipinski definition) is 0. The van der Waals surface area contributed by atoms with Crippen molar-refractivity contribution in [3.05, 3.63) is 91.0 Å². The van der Waals surface area contributed by atoms with E-state index in [0.717, 1.165) is 6.16 Å². The normalized spacial score (nSPS) is 11.7. The third-order valence-corrected chi connectivity index (χ3v) is 9.32. The number of alkyl halides is 3. The topological polar surface area (TPSA) is 0 Å². The number of rotatable bonds is 7. The quantitative estimate of drug-likeness (QED) is 0.371. The van der Waals surface area contributed by atoms with Crippen LogP contribution in [0.4, 0.5) is 13.2 Å². The van der Waals surface area contributed by atoms with Crippen molar-refractivity contribution in [3.8, 4) is 0 Å². The molecule has 3 rings (SSSR count). The average molecular weight is 467 g/mol. The highest BCUT2D eigenvalue weighted by Gasteiger charge is 2.44. The zero-order chi connectivity index (χ0) is 19.2. The first kappa shape index (κ1) is 22.6. The summed E-state index contributed by atoms with van der Waals surface area (Å²) in [4.78, 5) is 0. The maximum Gasteiger partial charge on any atom is 0.389 e. The highest BCUT2D eigenvalue weighted by molar-refractivity contribution is 7.95. The second kappa shape index (κ2) is 10.2. The first-order valence-corrected chi connectivity index (χ1v) is 11.1. The molecule has 0 aromatic heterocycles. The van der Waals surface area contributed by atoms with Gasteiger partial charge in [-0.05, 0) is 49.2 Å². The van der Waals surface area contributed by atoms with Gasteiger partial charge in [0.25, 0.3) is 0 Å². The van der Waals surface area contributed by atoms with E-state index in [2.05, 4.69) is 36.4 Å². The Bertz CT molecular complexity index is 724. The van der Waals surface area contributed by atoms with Crippen LogP contribution in [0, 0.1) is 0 Å². The molecule has 3 aromatic carbocycles. The van der Waals surface area contributed by atoms with Crippen LogP contribution in [0.15, 0.2) is 91.0 Å². The minimum Gasteiger partial charge on any atom is -1.00 e. The van der Waals surface area contributed by atoms with Gasteiger partial charge in [0, 0.05) is 6.42 Å². The van der Waals surface area contributed by atoms with Crippen LogP contribution in [-0.2, 0) is 0 Å². The Morgan fingerprint density at radius 1 is 0.571 bits per heavy atom. The molecule has 0 nitrogen and oxygen atoms in total. The summed E-state index contributed by atoms with van der Waals surface area (Å²) in [6.45, 7) is 0. The molecule has 0 saturated carbocycles. The fourth-order valence-electron chi connectivity index (χ4n) is 3.56. The van der Waals surface area contributed by atoms with Gasteiger partial charge < -0.3 is 17.0 Å². The summed E-state index contributed by atoms with van der Waals surface area (Å²) in [5.74, 6) is 0. The second-order valence-corrected chi connectivity index (χ2v) is 10.2. The molecule has 0 heterocycles. The maximum absolute atomic E-state index is 12.7. The van der Waals surface area contributed by atoms with Gasteiger partial charge in [0.15, 0.2) is 0 Å².